The number of anilines is 2. The summed E-state index contributed by atoms with van der Waals surface area (Å²) in [6.45, 7) is 2.84. The Morgan fingerprint density at radius 3 is 2.66 bits per heavy atom. The van der Waals surface area contributed by atoms with Gasteiger partial charge in [0.1, 0.15) is 11.6 Å². The molecule has 29 heavy (non-hydrogen) atoms. The second-order valence-electron chi connectivity index (χ2n) is 7.78. The Bertz CT molecular complexity index is 967. The predicted molar refractivity (Wildman–Crippen MR) is 121 cm³/mol. The van der Waals surface area contributed by atoms with Gasteiger partial charge in [0, 0.05) is 24.3 Å². The molecule has 0 atom stereocenters. The lowest BCUT2D eigenvalue weighted by molar-refractivity contribution is 0.462. The monoisotopic (exact) mass is 406 g/mol. The molecule has 3 aromatic rings. The summed E-state index contributed by atoms with van der Waals surface area (Å²) >= 11 is 6.47. The van der Waals surface area contributed by atoms with E-state index in [2.05, 4.69) is 46.8 Å². The second kappa shape index (κ2) is 9.27. The number of aryl methyl sites for hydroxylation is 1. The van der Waals surface area contributed by atoms with Gasteiger partial charge < -0.3 is 10.6 Å². The maximum absolute atomic E-state index is 6.47. The largest absolute Gasteiger partial charge is 0.367 e. The summed E-state index contributed by atoms with van der Waals surface area (Å²) in [5.74, 6) is 1.70. The van der Waals surface area contributed by atoms with Gasteiger partial charge in [-0.2, -0.15) is 0 Å². The van der Waals surface area contributed by atoms with Crippen LogP contribution in [0.4, 0.5) is 11.6 Å². The van der Waals surface area contributed by atoms with Crippen molar-refractivity contribution in [1.29, 1.82) is 0 Å². The molecule has 150 valence electrons. The maximum atomic E-state index is 6.47. The first-order chi connectivity index (χ1) is 14.2. The van der Waals surface area contributed by atoms with Gasteiger partial charge >= 0.3 is 0 Å². The molecule has 1 aromatic carbocycles. The number of nitrogens with one attached hydrogen (secondary N) is 2. The van der Waals surface area contributed by atoms with Crippen molar-refractivity contribution in [1.82, 2.24) is 9.97 Å². The molecule has 0 amide bonds. The molecule has 0 saturated heterocycles. The van der Waals surface area contributed by atoms with Crippen LogP contribution in [0.2, 0.25) is 5.02 Å². The molecule has 2 aromatic heterocycles. The highest BCUT2D eigenvalue weighted by Crippen LogP contribution is 2.30. The molecule has 5 heteroatoms. The zero-order valence-corrected chi connectivity index (χ0v) is 17.5. The van der Waals surface area contributed by atoms with Crippen LogP contribution in [-0.4, -0.2) is 16.0 Å². The zero-order valence-electron chi connectivity index (χ0n) is 16.8. The molecule has 2 heterocycles. The topological polar surface area (TPSA) is 49.8 Å². The summed E-state index contributed by atoms with van der Waals surface area (Å²) in [6.07, 6.45) is 8.04. The van der Waals surface area contributed by atoms with Crippen LogP contribution in [0.5, 0.6) is 0 Å². The van der Waals surface area contributed by atoms with E-state index in [1.165, 1.54) is 43.2 Å². The van der Waals surface area contributed by atoms with Gasteiger partial charge in [-0.25, -0.2) is 9.97 Å². The Morgan fingerprint density at radius 2 is 1.83 bits per heavy atom. The van der Waals surface area contributed by atoms with Gasteiger partial charge in [-0.1, -0.05) is 66.8 Å². The van der Waals surface area contributed by atoms with Crippen molar-refractivity contribution in [2.45, 2.75) is 51.6 Å². The van der Waals surface area contributed by atoms with Crippen molar-refractivity contribution < 1.29 is 0 Å². The highest BCUT2D eigenvalue weighted by molar-refractivity contribution is 6.33. The molecule has 1 aliphatic rings. The van der Waals surface area contributed by atoms with Crippen LogP contribution in [0.15, 0.2) is 54.7 Å². The van der Waals surface area contributed by atoms with E-state index in [-0.39, 0.29) is 0 Å². The number of halogens is 1. The first-order valence-corrected chi connectivity index (χ1v) is 10.7. The van der Waals surface area contributed by atoms with Crippen molar-refractivity contribution in [3.05, 3.63) is 70.9 Å². The summed E-state index contributed by atoms with van der Waals surface area (Å²) in [4.78, 5) is 9.26. The van der Waals surface area contributed by atoms with Gasteiger partial charge in [0.2, 0.25) is 0 Å². The minimum atomic E-state index is 0.501. The predicted octanol–water partition coefficient (Wildman–Crippen LogP) is 6.46. The Kier molecular flexibility index (Phi) is 6.30. The Balaban J connectivity index is 1.50. The first-order valence-electron chi connectivity index (χ1n) is 10.4. The van der Waals surface area contributed by atoms with Gasteiger partial charge in [0.05, 0.1) is 10.7 Å². The Morgan fingerprint density at radius 1 is 1.00 bits per heavy atom. The Hall–Kier alpha value is -2.59. The fourth-order valence-corrected chi connectivity index (χ4v) is 4.07. The summed E-state index contributed by atoms with van der Waals surface area (Å²) in [5.41, 5.74) is 4.24. The van der Waals surface area contributed by atoms with Crippen molar-refractivity contribution in [2.24, 2.45) is 0 Å². The smallest absolute Gasteiger partial charge is 0.126 e. The molecule has 1 aliphatic carbocycles. The van der Waals surface area contributed by atoms with Crippen LogP contribution in [0.3, 0.4) is 0 Å². The minimum Gasteiger partial charge on any atom is -0.367 e. The Labute approximate surface area is 177 Å². The molecule has 0 unspecified atom stereocenters. The third-order valence-electron chi connectivity index (χ3n) is 5.39. The summed E-state index contributed by atoms with van der Waals surface area (Å²) in [5, 5.41) is 7.60. The first kappa shape index (κ1) is 19.7. The van der Waals surface area contributed by atoms with E-state index >= 15 is 0 Å². The molecular weight excluding hydrogens is 380 g/mol. The summed E-state index contributed by atoms with van der Waals surface area (Å²) in [6, 6.07) is 17.0. The minimum absolute atomic E-state index is 0.501. The van der Waals surface area contributed by atoms with Crippen LogP contribution in [0.25, 0.3) is 11.3 Å². The second-order valence-corrected chi connectivity index (χ2v) is 8.19. The van der Waals surface area contributed by atoms with E-state index in [1.54, 1.807) is 6.20 Å². The number of pyridine rings is 2. The number of rotatable bonds is 6. The van der Waals surface area contributed by atoms with Crippen LogP contribution < -0.4 is 10.6 Å². The van der Waals surface area contributed by atoms with Gasteiger partial charge in [0.15, 0.2) is 0 Å². The van der Waals surface area contributed by atoms with E-state index in [0.717, 1.165) is 29.4 Å². The van der Waals surface area contributed by atoms with Crippen LogP contribution in [0, 0.1) is 6.92 Å². The normalized spacial score (nSPS) is 14.6. The van der Waals surface area contributed by atoms with Gasteiger partial charge in [0.25, 0.3) is 0 Å². The average molecular weight is 407 g/mol. The number of hydrogen-bond acceptors (Lipinski definition) is 4. The third kappa shape index (κ3) is 5.27. The quantitative estimate of drug-likeness (QED) is 0.493. The lowest BCUT2D eigenvalue weighted by atomic mass is 9.95. The third-order valence-corrected chi connectivity index (χ3v) is 5.69. The highest BCUT2D eigenvalue weighted by atomic mass is 35.5. The lowest BCUT2D eigenvalue weighted by Crippen LogP contribution is -2.22. The van der Waals surface area contributed by atoms with E-state index in [1.807, 2.05) is 24.3 Å². The zero-order chi connectivity index (χ0) is 20.1. The average Bonchev–Trinajstić information content (AvgIpc) is 2.75. The highest BCUT2D eigenvalue weighted by Gasteiger charge is 2.15. The van der Waals surface area contributed by atoms with Crippen LogP contribution >= 0.6 is 11.6 Å². The molecule has 1 fully saturated rings. The van der Waals surface area contributed by atoms with E-state index in [4.69, 9.17) is 16.6 Å². The van der Waals surface area contributed by atoms with Crippen LogP contribution in [0.1, 0.15) is 43.2 Å². The van der Waals surface area contributed by atoms with Crippen molar-refractivity contribution in [3.63, 3.8) is 0 Å². The molecular formula is C24H27ClN4. The van der Waals surface area contributed by atoms with Crippen molar-refractivity contribution >= 4 is 23.2 Å². The SMILES string of the molecule is Cc1cccc(CNc2cccc(-c3cc(NC4CCCCC4)ncc3Cl)n2)c1. The van der Waals surface area contributed by atoms with Crippen molar-refractivity contribution in [2.75, 3.05) is 10.6 Å². The number of benzene rings is 1. The molecule has 0 radical (unpaired) electrons. The molecule has 2 N–H and O–H groups in total. The number of hydrogen-bond donors (Lipinski definition) is 2. The number of nitrogens with zero attached hydrogens (tertiary/aromatic N) is 2. The van der Waals surface area contributed by atoms with Crippen molar-refractivity contribution in [3.8, 4) is 11.3 Å². The van der Waals surface area contributed by atoms with E-state index < -0.39 is 0 Å². The fraction of sp³-hybridized carbons (Fsp3) is 0.333. The summed E-state index contributed by atoms with van der Waals surface area (Å²) < 4.78 is 0. The molecule has 1 saturated carbocycles. The standard InChI is InChI=1S/C24H27ClN4/c1-17-7-5-8-18(13-17)15-26-23-12-6-11-22(29-23)20-14-24(27-16-21(20)25)28-19-9-3-2-4-10-19/h5-8,11-14,16,19H,2-4,9-10,15H2,1H3,(H,26,29)(H,27,28). The number of aromatic nitrogens is 2. The summed E-state index contributed by atoms with van der Waals surface area (Å²) in [7, 11) is 0. The van der Waals surface area contributed by atoms with Gasteiger partial charge in [-0.05, 0) is 43.5 Å². The van der Waals surface area contributed by atoms with E-state index in [0.29, 0.717) is 11.1 Å². The maximum Gasteiger partial charge on any atom is 0.126 e. The molecule has 0 aliphatic heterocycles. The molecule has 4 rings (SSSR count). The molecule has 4 nitrogen and oxygen atoms in total. The molecule has 0 spiro atoms. The van der Waals surface area contributed by atoms with Crippen LogP contribution in [-0.2, 0) is 6.54 Å². The van der Waals surface area contributed by atoms with E-state index in [9.17, 15) is 0 Å². The lowest BCUT2D eigenvalue weighted by Gasteiger charge is -2.23. The molecule has 0 bridgehead atoms. The van der Waals surface area contributed by atoms with Gasteiger partial charge in [-0.3, -0.25) is 0 Å². The fourth-order valence-electron chi connectivity index (χ4n) is 3.87. The van der Waals surface area contributed by atoms with Gasteiger partial charge in [-0.15, -0.1) is 0 Å².